The third kappa shape index (κ3) is 6.06. The number of hydrogen-bond donors (Lipinski definition) is 5. The maximum atomic E-state index is 13.3. The van der Waals surface area contributed by atoms with Gasteiger partial charge in [-0.05, 0) is 86.4 Å². The lowest BCUT2D eigenvalue weighted by Crippen LogP contribution is -2.45. The maximum absolute atomic E-state index is 13.3. The van der Waals surface area contributed by atoms with Gasteiger partial charge in [0.05, 0.1) is 39.3 Å². The van der Waals surface area contributed by atoms with Crippen LogP contribution in [-0.2, 0) is 14.3 Å². The van der Waals surface area contributed by atoms with E-state index < -0.39 is 17.9 Å². The van der Waals surface area contributed by atoms with Crippen LogP contribution in [0.15, 0.2) is 24.3 Å². The maximum Gasteiger partial charge on any atom is 0.310 e. The van der Waals surface area contributed by atoms with Crippen LogP contribution < -0.4 is 40.6 Å². The van der Waals surface area contributed by atoms with Crippen molar-refractivity contribution < 1.29 is 38.4 Å². The van der Waals surface area contributed by atoms with Crippen molar-refractivity contribution >= 4 is 11.9 Å². The number of nitrogens with one attached hydrogen (secondary N) is 3. The Morgan fingerprint density at radius 3 is 2.31 bits per heavy atom. The summed E-state index contributed by atoms with van der Waals surface area (Å²) in [4.78, 5) is 26.4. The molecule has 1 aliphatic carbocycles. The zero-order valence-corrected chi connectivity index (χ0v) is 24.1. The van der Waals surface area contributed by atoms with Crippen molar-refractivity contribution in [1.82, 2.24) is 16.0 Å². The van der Waals surface area contributed by atoms with Gasteiger partial charge in [-0.3, -0.25) is 9.59 Å². The van der Waals surface area contributed by atoms with Gasteiger partial charge in [-0.1, -0.05) is 0 Å². The molecule has 12 nitrogen and oxygen atoms in total. The lowest BCUT2D eigenvalue weighted by molar-refractivity contribution is -0.141. The van der Waals surface area contributed by atoms with Crippen LogP contribution in [0.5, 0.6) is 28.7 Å². The molecule has 0 aromatic heterocycles. The number of carbonyl (C=O) groups excluding carboxylic acids is 2. The highest BCUT2D eigenvalue weighted by Gasteiger charge is 2.53. The molecule has 1 amide bonds. The topological polar surface area (TPSA) is 163 Å². The van der Waals surface area contributed by atoms with Gasteiger partial charge in [-0.25, -0.2) is 0 Å². The molecule has 42 heavy (non-hydrogen) atoms. The largest absolute Gasteiger partial charge is 0.502 e. The van der Waals surface area contributed by atoms with Crippen molar-refractivity contribution in [1.29, 1.82) is 0 Å². The third-order valence-electron chi connectivity index (χ3n) is 8.17. The number of cyclic esters (lactones) is 1. The van der Waals surface area contributed by atoms with Crippen molar-refractivity contribution in [2.45, 2.75) is 31.2 Å². The van der Waals surface area contributed by atoms with Gasteiger partial charge in [0.15, 0.2) is 23.0 Å². The summed E-state index contributed by atoms with van der Waals surface area (Å²) < 4.78 is 27.8. The molecule has 4 atom stereocenters. The second-order valence-corrected chi connectivity index (χ2v) is 10.7. The van der Waals surface area contributed by atoms with Gasteiger partial charge < -0.3 is 50.5 Å². The van der Waals surface area contributed by atoms with Gasteiger partial charge >= 0.3 is 5.97 Å². The summed E-state index contributed by atoms with van der Waals surface area (Å²) in [6.45, 7) is 3.58. The number of esters is 1. The van der Waals surface area contributed by atoms with Crippen LogP contribution in [-0.4, -0.2) is 77.3 Å². The molecular formula is C30H40N4O8. The molecule has 2 aromatic rings. The van der Waals surface area contributed by atoms with Crippen molar-refractivity contribution in [3.63, 3.8) is 0 Å². The fourth-order valence-corrected chi connectivity index (χ4v) is 6.13. The predicted octanol–water partition coefficient (Wildman–Crippen LogP) is 1.54. The molecule has 0 spiro atoms. The van der Waals surface area contributed by atoms with Crippen LogP contribution in [0.4, 0.5) is 0 Å². The molecule has 1 saturated heterocycles. The quantitative estimate of drug-likeness (QED) is 0.162. The molecule has 228 valence electrons. The summed E-state index contributed by atoms with van der Waals surface area (Å²) in [5, 5.41) is 20.3. The Morgan fingerprint density at radius 1 is 0.952 bits per heavy atom. The number of rotatable bonds is 14. The van der Waals surface area contributed by atoms with E-state index in [4.69, 9.17) is 29.4 Å². The number of ether oxygens (including phenoxy) is 5. The number of fused-ring (bicyclic) bond motifs is 3. The Kier molecular flexibility index (Phi) is 9.55. The molecule has 1 fully saturated rings. The first-order valence-corrected chi connectivity index (χ1v) is 14.4. The molecule has 0 bridgehead atoms. The molecule has 2 aromatic carbocycles. The molecule has 5 rings (SSSR count). The van der Waals surface area contributed by atoms with Crippen LogP contribution in [0.3, 0.4) is 0 Å². The third-order valence-corrected chi connectivity index (χ3v) is 8.17. The molecule has 6 N–H and O–H groups in total. The lowest BCUT2D eigenvalue weighted by Gasteiger charge is -2.39. The number of unbranched alkanes of at least 4 members (excludes halogenated alkanes) is 1. The normalized spacial score (nSPS) is 21.8. The van der Waals surface area contributed by atoms with Crippen LogP contribution >= 0.6 is 0 Å². The zero-order chi connectivity index (χ0) is 29.6. The second kappa shape index (κ2) is 13.5. The molecular weight excluding hydrogens is 544 g/mol. The first kappa shape index (κ1) is 29.7. The van der Waals surface area contributed by atoms with Crippen LogP contribution in [0, 0.1) is 11.8 Å². The average molecular weight is 585 g/mol. The number of nitrogens with two attached hydrogens (primary N) is 1. The van der Waals surface area contributed by atoms with E-state index in [0.29, 0.717) is 30.2 Å². The molecule has 0 radical (unpaired) electrons. The minimum Gasteiger partial charge on any atom is -0.502 e. The van der Waals surface area contributed by atoms with E-state index in [-0.39, 0.29) is 55.0 Å². The number of phenolic OH excluding ortho intramolecular Hbond substituents is 1. The number of amides is 1. The Hall–Kier alpha value is -3.74. The molecule has 12 heteroatoms. The Labute approximate surface area is 245 Å². The first-order valence-electron chi connectivity index (χ1n) is 14.4. The highest BCUT2D eigenvalue weighted by Crippen LogP contribution is 2.55. The predicted molar refractivity (Wildman–Crippen MR) is 153 cm³/mol. The highest BCUT2D eigenvalue weighted by atomic mass is 16.7. The minimum absolute atomic E-state index is 0.0848. The van der Waals surface area contributed by atoms with Gasteiger partial charge in [0.2, 0.25) is 18.4 Å². The fraction of sp³-hybridized carbons (Fsp3) is 0.533. The molecule has 2 heterocycles. The summed E-state index contributed by atoms with van der Waals surface area (Å²) >= 11 is 0. The van der Waals surface area contributed by atoms with Crippen molar-refractivity contribution in [3.8, 4) is 28.7 Å². The average Bonchev–Trinajstić information content (AvgIpc) is 3.62. The summed E-state index contributed by atoms with van der Waals surface area (Å²) in [7, 11) is 2.91. The van der Waals surface area contributed by atoms with Gasteiger partial charge in [-0.15, -0.1) is 0 Å². The number of carbonyl (C=O) groups is 2. The SMILES string of the molecule is COc1cc(C2c3cc4c(cc3C(NC(=O)CNCCCNCCCCN)C3COC(=O)C23)OCO4)cc(OC)c1O. The summed E-state index contributed by atoms with van der Waals surface area (Å²) in [5.41, 5.74) is 7.85. The van der Waals surface area contributed by atoms with E-state index in [2.05, 4.69) is 16.0 Å². The van der Waals surface area contributed by atoms with Gasteiger partial charge in [0.1, 0.15) is 0 Å². The van der Waals surface area contributed by atoms with Gasteiger partial charge in [0, 0.05) is 11.8 Å². The van der Waals surface area contributed by atoms with E-state index in [1.807, 2.05) is 12.1 Å². The lowest BCUT2D eigenvalue weighted by atomic mass is 9.65. The van der Waals surface area contributed by atoms with Crippen LogP contribution in [0.1, 0.15) is 47.9 Å². The molecule has 3 aliphatic rings. The van der Waals surface area contributed by atoms with Crippen LogP contribution in [0.2, 0.25) is 0 Å². The van der Waals surface area contributed by atoms with Crippen molar-refractivity contribution in [2.24, 2.45) is 17.6 Å². The molecule has 0 saturated carbocycles. The second-order valence-electron chi connectivity index (χ2n) is 10.7. The number of phenols is 1. The fourth-order valence-electron chi connectivity index (χ4n) is 6.13. The highest BCUT2D eigenvalue weighted by molar-refractivity contribution is 5.81. The van der Waals surface area contributed by atoms with E-state index in [1.54, 1.807) is 12.1 Å². The smallest absolute Gasteiger partial charge is 0.310 e. The van der Waals surface area contributed by atoms with Crippen LogP contribution in [0.25, 0.3) is 0 Å². The Morgan fingerprint density at radius 2 is 1.62 bits per heavy atom. The van der Waals surface area contributed by atoms with Crippen molar-refractivity contribution in [3.05, 3.63) is 41.0 Å². The molecule has 4 unspecified atom stereocenters. The summed E-state index contributed by atoms with van der Waals surface area (Å²) in [6, 6.07) is 6.67. The Bertz CT molecular complexity index is 1260. The van der Waals surface area contributed by atoms with E-state index in [1.165, 1.54) is 14.2 Å². The molecule has 2 aliphatic heterocycles. The number of methoxy groups -OCH3 is 2. The number of benzene rings is 2. The van der Waals surface area contributed by atoms with E-state index in [9.17, 15) is 14.7 Å². The summed E-state index contributed by atoms with van der Waals surface area (Å²) in [6.07, 6.45) is 2.95. The van der Waals surface area contributed by atoms with Gasteiger partial charge in [0.25, 0.3) is 0 Å². The minimum atomic E-state index is -0.597. The van der Waals surface area contributed by atoms with E-state index in [0.717, 1.165) is 43.5 Å². The standard InChI is InChI=1S/C30H40N4O8/c1-38-23-10-17(11-24(39-2)29(23)36)26-18-12-21-22(42-16-41-21)13-19(18)28(20-15-40-30(37)27(20)26)34-25(35)14-33-9-5-8-32-7-4-3-6-31/h10-13,20,26-28,32-33,36H,3-9,14-16,31H2,1-2H3,(H,34,35). The number of aromatic hydroxyl groups is 1. The Balaban J connectivity index is 1.38. The van der Waals surface area contributed by atoms with Gasteiger partial charge in [-0.2, -0.15) is 0 Å². The monoisotopic (exact) mass is 584 g/mol. The number of hydrogen-bond acceptors (Lipinski definition) is 11. The van der Waals surface area contributed by atoms with Crippen molar-refractivity contribution in [2.75, 3.05) is 60.3 Å². The van der Waals surface area contributed by atoms with E-state index >= 15 is 0 Å². The zero-order valence-electron chi connectivity index (χ0n) is 24.1. The summed E-state index contributed by atoms with van der Waals surface area (Å²) in [5.74, 6) is -0.470. The first-order chi connectivity index (χ1) is 20.5.